The summed E-state index contributed by atoms with van der Waals surface area (Å²) in [6.45, 7) is 4.35. The molecule has 7 heteroatoms. The van der Waals surface area contributed by atoms with Crippen molar-refractivity contribution in [1.82, 2.24) is 10.3 Å². The molecule has 6 nitrogen and oxygen atoms in total. The average Bonchev–Trinajstić information content (AvgIpc) is 3.08. The summed E-state index contributed by atoms with van der Waals surface area (Å²) in [4.78, 5) is 16.2. The van der Waals surface area contributed by atoms with Gasteiger partial charge in [0.15, 0.2) is 0 Å². The molecule has 1 amide bonds. The number of nitrogens with two attached hydrogens (primary N) is 1. The number of amides is 1. The fraction of sp³-hybridized carbons (Fsp3) is 0.692. The molecule has 2 heterocycles. The molecule has 1 aromatic heterocycles. The van der Waals surface area contributed by atoms with E-state index in [-0.39, 0.29) is 18.1 Å². The second-order valence-electron chi connectivity index (χ2n) is 4.86. The highest BCUT2D eigenvalue weighted by Crippen LogP contribution is 2.11. The van der Waals surface area contributed by atoms with Gasteiger partial charge in [-0.2, -0.15) is 0 Å². The maximum atomic E-state index is 12.0. The average molecular weight is 299 g/mol. The van der Waals surface area contributed by atoms with Crippen LogP contribution in [0.15, 0.2) is 5.38 Å². The molecule has 2 unspecified atom stereocenters. The SMILES string of the molecule is CC(COC1CCOC1)NC(=O)c1csc(CCN)n1. The van der Waals surface area contributed by atoms with E-state index >= 15 is 0 Å². The van der Waals surface area contributed by atoms with E-state index in [1.54, 1.807) is 5.38 Å². The van der Waals surface area contributed by atoms with Gasteiger partial charge in [-0.3, -0.25) is 4.79 Å². The summed E-state index contributed by atoms with van der Waals surface area (Å²) < 4.78 is 10.9. The Morgan fingerprint density at radius 3 is 3.30 bits per heavy atom. The predicted molar refractivity (Wildman–Crippen MR) is 77.0 cm³/mol. The van der Waals surface area contributed by atoms with Crippen LogP contribution in [0.1, 0.15) is 28.8 Å². The highest BCUT2D eigenvalue weighted by atomic mass is 32.1. The quantitative estimate of drug-likeness (QED) is 0.768. The van der Waals surface area contributed by atoms with Crippen LogP contribution < -0.4 is 11.1 Å². The standard InChI is InChI=1S/C13H21N3O3S/c1-9(6-19-10-3-5-18-7-10)15-13(17)11-8-20-12(16-11)2-4-14/h8-10H,2-7,14H2,1H3,(H,15,17). The molecule has 0 bridgehead atoms. The zero-order valence-corrected chi connectivity index (χ0v) is 12.4. The second kappa shape index (κ2) is 7.68. The lowest BCUT2D eigenvalue weighted by atomic mass is 10.3. The number of nitrogens with one attached hydrogen (secondary N) is 1. The normalized spacial score (nSPS) is 20.0. The second-order valence-corrected chi connectivity index (χ2v) is 5.80. The van der Waals surface area contributed by atoms with Gasteiger partial charge in [-0.25, -0.2) is 4.98 Å². The van der Waals surface area contributed by atoms with Gasteiger partial charge in [0, 0.05) is 24.4 Å². The molecule has 1 aliphatic rings. The van der Waals surface area contributed by atoms with Crippen LogP contribution in [0.4, 0.5) is 0 Å². The summed E-state index contributed by atoms with van der Waals surface area (Å²) in [6.07, 6.45) is 1.79. The first-order valence-electron chi connectivity index (χ1n) is 6.83. The van der Waals surface area contributed by atoms with Gasteiger partial charge in [0.2, 0.25) is 0 Å². The van der Waals surface area contributed by atoms with Crippen LogP contribution in [-0.4, -0.2) is 49.4 Å². The number of ether oxygens (including phenoxy) is 2. The molecule has 1 fully saturated rings. The van der Waals surface area contributed by atoms with E-state index in [0.717, 1.165) is 18.0 Å². The van der Waals surface area contributed by atoms with E-state index in [2.05, 4.69) is 10.3 Å². The van der Waals surface area contributed by atoms with E-state index in [0.29, 0.717) is 31.9 Å². The smallest absolute Gasteiger partial charge is 0.271 e. The molecule has 1 aliphatic heterocycles. The third-order valence-electron chi connectivity index (χ3n) is 2.99. The summed E-state index contributed by atoms with van der Waals surface area (Å²) >= 11 is 1.46. The zero-order chi connectivity index (χ0) is 14.4. The maximum absolute atomic E-state index is 12.0. The first-order valence-corrected chi connectivity index (χ1v) is 7.71. The Balaban J connectivity index is 1.74. The van der Waals surface area contributed by atoms with Gasteiger partial charge in [-0.15, -0.1) is 11.3 Å². The Kier molecular flexibility index (Phi) is 5.90. The van der Waals surface area contributed by atoms with Gasteiger partial charge < -0.3 is 20.5 Å². The Bertz CT molecular complexity index is 432. The van der Waals surface area contributed by atoms with Gasteiger partial charge in [0.05, 0.1) is 24.3 Å². The van der Waals surface area contributed by atoms with Crippen molar-refractivity contribution in [1.29, 1.82) is 0 Å². The van der Waals surface area contributed by atoms with Crippen molar-refractivity contribution < 1.29 is 14.3 Å². The molecule has 0 spiro atoms. The number of carbonyl (C=O) groups excluding carboxylic acids is 1. The number of rotatable bonds is 7. The van der Waals surface area contributed by atoms with Gasteiger partial charge in [0.1, 0.15) is 5.69 Å². The molecule has 1 saturated heterocycles. The van der Waals surface area contributed by atoms with Crippen LogP contribution in [-0.2, 0) is 15.9 Å². The Morgan fingerprint density at radius 2 is 2.60 bits per heavy atom. The number of hydrogen-bond acceptors (Lipinski definition) is 6. The summed E-state index contributed by atoms with van der Waals surface area (Å²) in [6, 6.07) is -0.0530. The predicted octanol–water partition coefficient (Wildman–Crippen LogP) is 0.568. The molecule has 112 valence electrons. The van der Waals surface area contributed by atoms with Crippen molar-refractivity contribution >= 4 is 17.2 Å². The number of hydrogen-bond donors (Lipinski definition) is 2. The first kappa shape index (κ1) is 15.4. The molecule has 0 radical (unpaired) electrons. The number of carbonyl (C=O) groups is 1. The number of nitrogens with zero attached hydrogens (tertiary/aromatic N) is 1. The summed E-state index contributed by atoms with van der Waals surface area (Å²) in [7, 11) is 0. The minimum Gasteiger partial charge on any atom is -0.379 e. The molecule has 3 N–H and O–H groups in total. The van der Waals surface area contributed by atoms with E-state index in [1.807, 2.05) is 6.92 Å². The van der Waals surface area contributed by atoms with Crippen molar-refractivity contribution in [2.45, 2.75) is 31.9 Å². The Morgan fingerprint density at radius 1 is 1.75 bits per heavy atom. The molecular weight excluding hydrogens is 278 g/mol. The molecule has 0 aliphatic carbocycles. The van der Waals surface area contributed by atoms with E-state index in [4.69, 9.17) is 15.2 Å². The summed E-state index contributed by atoms with van der Waals surface area (Å²) in [5.74, 6) is -0.164. The van der Waals surface area contributed by atoms with Crippen molar-refractivity contribution in [3.05, 3.63) is 16.1 Å². The van der Waals surface area contributed by atoms with E-state index in [1.165, 1.54) is 11.3 Å². The van der Waals surface area contributed by atoms with E-state index in [9.17, 15) is 4.79 Å². The summed E-state index contributed by atoms with van der Waals surface area (Å²) in [5, 5.41) is 5.54. The summed E-state index contributed by atoms with van der Waals surface area (Å²) in [5.41, 5.74) is 5.92. The fourth-order valence-electron chi connectivity index (χ4n) is 1.92. The van der Waals surface area contributed by atoms with Crippen molar-refractivity contribution in [3.8, 4) is 0 Å². The molecule has 2 atom stereocenters. The van der Waals surface area contributed by atoms with Gasteiger partial charge in [-0.1, -0.05) is 0 Å². The number of aromatic nitrogens is 1. The minimum absolute atomic E-state index is 0.0530. The largest absolute Gasteiger partial charge is 0.379 e. The monoisotopic (exact) mass is 299 g/mol. The van der Waals surface area contributed by atoms with Crippen molar-refractivity contribution in [2.75, 3.05) is 26.4 Å². The van der Waals surface area contributed by atoms with Crippen LogP contribution in [0.25, 0.3) is 0 Å². The lowest BCUT2D eigenvalue weighted by molar-refractivity contribution is 0.0318. The maximum Gasteiger partial charge on any atom is 0.271 e. The zero-order valence-electron chi connectivity index (χ0n) is 11.6. The van der Waals surface area contributed by atoms with Crippen molar-refractivity contribution in [3.63, 3.8) is 0 Å². The van der Waals surface area contributed by atoms with Crippen LogP contribution in [0, 0.1) is 0 Å². The first-order chi connectivity index (χ1) is 9.69. The highest BCUT2D eigenvalue weighted by Gasteiger charge is 2.18. The Labute approximate surface area is 122 Å². The van der Waals surface area contributed by atoms with E-state index < -0.39 is 0 Å². The Hall–Kier alpha value is -1.02. The lowest BCUT2D eigenvalue weighted by Crippen LogP contribution is -2.37. The van der Waals surface area contributed by atoms with Crippen LogP contribution >= 0.6 is 11.3 Å². The van der Waals surface area contributed by atoms with Gasteiger partial charge in [0.25, 0.3) is 5.91 Å². The fourth-order valence-corrected chi connectivity index (χ4v) is 2.71. The van der Waals surface area contributed by atoms with Gasteiger partial charge >= 0.3 is 0 Å². The minimum atomic E-state index is -0.164. The molecular formula is C13H21N3O3S. The van der Waals surface area contributed by atoms with Crippen molar-refractivity contribution in [2.24, 2.45) is 5.73 Å². The third-order valence-corrected chi connectivity index (χ3v) is 3.90. The van der Waals surface area contributed by atoms with Crippen LogP contribution in [0.2, 0.25) is 0 Å². The molecule has 0 saturated carbocycles. The van der Waals surface area contributed by atoms with Crippen LogP contribution in [0.5, 0.6) is 0 Å². The molecule has 20 heavy (non-hydrogen) atoms. The molecule has 2 rings (SSSR count). The number of thiazole rings is 1. The topological polar surface area (TPSA) is 86.5 Å². The van der Waals surface area contributed by atoms with Crippen LogP contribution in [0.3, 0.4) is 0 Å². The molecule has 0 aromatic carbocycles. The highest BCUT2D eigenvalue weighted by molar-refractivity contribution is 7.09. The van der Waals surface area contributed by atoms with Gasteiger partial charge in [-0.05, 0) is 19.9 Å². The lowest BCUT2D eigenvalue weighted by Gasteiger charge is -2.16. The molecule has 1 aromatic rings. The third kappa shape index (κ3) is 4.52.